The fourth-order valence-corrected chi connectivity index (χ4v) is 3.89. The quantitative estimate of drug-likeness (QED) is 0.124. The number of carbonyl (C=O) groups is 7. The summed E-state index contributed by atoms with van der Waals surface area (Å²) in [6, 6.07) is 5.27. The number of primary amides is 1. The molecule has 1 aliphatic heterocycles. The molecule has 15 nitrogen and oxygen atoms in total. The van der Waals surface area contributed by atoms with Gasteiger partial charge in [-0.25, -0.2) is 4.79 Å². The third kappa shape index (κ3) is 20.4. The zero-order chi connectivity index (χ0) is 38.1. The van der Waals surface area contributed by atoms with Crippen LogP contribution in [0.15, 0.2) is 24.3 Å². The van der Waals surface area contributed by atoms with Crippen molar-refractivity contribution in [1.82, 2.24) is 20.9 Å². The van der Waals surface area contributed by atoms with Crippen molar-refractivity contribution in [2.45, 2.75) is 94.2 Å². The number of nitrogens with zero attached hydrogens (tertiary/aromatic N) is 1. The van der Waals surface area contributed by atoms with Crippen molar-refractivity contribution in [3.05, 3.63) is 29.8 Å². The molecule has 1 aromatic carbocycles. The maximum atomic E-state index is 12.7. The van der Waals surface area contributed by atoms with Gasteiger partial charge in [0.1, 0.15) is 19.2 Å². The van der Waals surface area contributed by atoms with Gasteiger partial charge in [0.25, 0.3) is 0 Å². The van der Waals surface area contributed by atoms with E-state index >= 15 is 0 Å². The molecule has 2 unspecified atom stereocenters. The molecule has 1 fully saturated rings. The molecule has 2 rings (SSSR count). The molecule has 1 heterocycles. The number of imide groups is 1. The van der Waals surface area contributed by atoms with Crippen LogP contribution in [0, 0.1) is 17.8 Å². The first-order valence-corrected chi connectivity index (χ1v) is 16.7. The summed E-state index contributed by atoms with van der Waals surface area (Å²) in [5.74, 6) is -3.63. The summed E-state index contributed by atoms with van der Waals surface area (Å²) in [6.07, 6.45) is 2.10. The Morgan fingerprint density at radius 2 is 1.51 bits per heavy atom. The van der Waals surface area contributed by atoms with Gasteiger partial charge in [-0.2, -0.15) is 0 Å². The van der Waals surface area contributed by atoms with Crippen LogP contribution in [0.3, 0.4) is 0 Å². The van der Waals surface area contributed by atoms with Crippen LogP contribution < -0.4 is 32.7 Å². The van der Waals surface area contributed by atoms with Crippen molar-refractivity contribution in [2.24, 2.45) is 29.2 Å². The summed E-state index contributed by atoms with van der Waals surface area (Å²) in [6.45, 7) is 17.3. The van der Waals surface area contributed by atoms with Crippen LogP contribution in [-0.4, -0.2) is 78.7 Å². The van der Waals surface area contributed by atoms with Gasteiger partial charge in [-0.3, -0.25) is 33.7 Å². The molecule has 49 heavy (non-hydrogen) atoms. The zero-order valence-corrected chi connectivity index (χ0v) is 30.6. The van der Waals surface area contributed by atoms with Gasteiger partial charge in [0.2, 0.25) is 29.5 Å². The highest BCUT2D eigenvalue weighted by Gasteiger charge is 2.41. The second-order valence-corrected chi connectivity index (χ2v) is 11.5. The van der Waals surface area contributed by atoms with Crippen LogP contribution in [-0.2, 0) is 40.1 Å². The van der Waals surface area contributed by atoms with Crippen LogP contribution in [0.5, 0.6) is 0 Å². The summed E-state index contributed by atoms with van der Waals surface area (Å²) < 4.78 is 4.90. The van der Waals surface area contributed by atoms with Crippen LogP contribution in [0.1, 0.15) is 87.1 Å². The third-order valence-electron chi connectivity index (χ3n) is 6.59. The standard InChI is InChI=1S/C25H34N4O7.C4H10N2O.C3H9N.C2H6/c1-14(2)19-10-22(33)29(25(19)35)12-21(32)28-23(15(3)4)24(34)26-11-20(31)27-18-8-6-17(7-9-18)13-36-16(5)30;1-2-3-6-4(5)7;1-2-3-4;1-2/h6-9,14-15,19,23H,10-13H2,1-5H3,(H,26,34)(H,27,31)(H,28,32);2-3H2,1H3,(H3,5,6,7);2-4H2,1H3;1-2H3. The van der Waals surface area contributed by atoms with Gasteiger partial charge in [-0.15, -0.1) is 0 Å². The van der Waals surface area contributed by atoms with Gasteiger partial charge >= 0.3 is 12.0 Å². The fourth-order valence-electron chi connectivity index (χ4n) is 3.89. The summed E-state index contributed by atoms with van der Waals surface area (Å²) in [4.78, 5) is 83.7. The molecule has 2 atom stereocenters. The number of nitrogens with one attached hydrogen (secondary N) is 4. The number of carbonyl (C=O) groups excluding carboxylic acids is 7. The van der Waals surface area contributed by atoms with Crippen molar-refractivity contribution in [3.63, 3.8) is 0 Å². The van der Waals surface area contributed by atoms with E-state index in [1.807, 2.05) is 34.6 Å². The van der Waals surface area contributed by atoms with Gasteiger partial charge in [0, 0.05) is 31.5 Å². The first kappa shape index (κ1) is 46.6. The number of hydrogen-bond acceptors (Lipinski definition) is 9. The zero-order valence-electron chi connectivity index (χ0n) is 30.6. The Morgan fingerprint density at radius 3 is 1.92 bits per heavy atom. The summed E-state index contributed by atoms with van der Waals surface area (Å²) in [7, 11) is 0. The van der Waals surface area contributed by atoms with Gasteiger partial charge in [0.15, 0.2) is 0 Å². The minimum Gasteiger partial charge on any atom is -0.461 e. The smallest absolute Gasteiger partial charge is 0.312 e. The van der Waals surface area contributed by atoms with Gasteiger partial charge in [-0.1, -0.05) is 67.5 Å². The van der Waals surface area contributed by atoms with Crippen molar-refractivity contribution in [2.75, 3.05) is 31.5 Å². The van der Waals surface area contributed by atoms with Crippen molar-refractivity contribution < 1.29 is 38.3 Å². The molecule has 1 aromatic rings. The molecule has 0 saturated carbocycles. The van der Waals surface area contributed by atoms with E-state index in [9.17, 15) is 33.6 Å². The van der Waals surface area contributed by atoms with E-state index in [0.29, 0.717) is 12.2 Å². The van der Waals surface area contributed by atoms with Crippen LogP contribution >= 0.6 is 0 Å². The van der Waals surface area contributed by atoms with Crippen LogP contribution in [0.2, 0.25) is 0 Å². The van der Waals surface area contributed by atoms with E-state index in [2.05, 4.69) is 28.2 Å². The molecule has 1 saturated heterocycles. The monoisotopic (exact) mass is 693 g/mol. The molecule has 0 radical (unpaired) electrons. The van der Waals surface area contributed by atoms with E-state index < -0.39 is 54.1 Å². The van der Waals surface area contributed by atoms with E-state index in [0.717, 1.165) is 29.8 Å². The summed E-state index contributed by atoms with van der Waals surface area (Å²) >= 11 is 0. The average molecular weight is 694 g/mol. The number of anilines is 1. The van der Waals surface area contributed by atoms with Crippen LogP contribution in [0.4, 0.5) is 10.5 Å². The molecule has 15 heteroatoms. The Balaban J connectivity index is 0. The lowest BCUT2D eigenvalue weighted by molar-refractivity contribution is -0.144. The number of rotatable bonds is 14. The van der Waals surface area contributed by atoms with Gasteiger partial charge < -0.3 is 37.5 Å². The Hall–Kier alpha value is -4.53. The number of benzene rings is 1. The Kier molecular flexibility index (Phi) is 25.1. The molecule has 7 amide bonds. The maximum absolute atomic E-state index is 12.7. The lowest BCUT2D eigenvalue weighted by Gasteiger charge is -2.23. The largest absolute Gasteiger partial charge is 0.461 e. The van der Waals surface area contributed by atoms with Crippen LogP contribution in [0.25, 0.3) is 0 Å². The third-order valence-corrected chi connectivity index (χ3v) is 6.59. The van der Waals surface area contributed by atoms with Crippen molar-refractivity contribution >= 4 is 47.2 Å². The second kappa shape index (κ2) is 26.4. The number of esters is 1. The molecule has 8 N–H and O–H groups in total. The lowest BCUT2D eigenvalue weighted by Crippen LogP contribution is -2.53. The number of amides is 7. The van der Waals surface area contributed by atoms with Crippen molar-refractivity contribution in [1.29, 1.82) is 0 Å². The number of likely N-dealkylation sites (tertiary alicyclic amines) is 1. The molecule has 0 aromatic heterocycles. The fraction of sp³-hybridized carbons (Fsp3) is 0.618. The van der Waals surface area contributed by atoms with Gasteiger partial charge in [-0.05, 0) is 48.9 Å². The lowest BCUT2D eigenvalue weighted by atomic mass is 9.94. The number of urea groups is 1. The van der Waals surface area contributed by atoms with E-state index in [1.165, 1.54) is 6.92 Å². The molecule has 0 bridgehead atoms. The molecule has 278 valence electrons. The molecule has 1 aliphatic rings. The first-order valence-electron chi connectivity index (χ1n) is 16.7. The SMILES string of the molecule is CC.CC(=O)OCc1ccc(NC(=O)CNC(=O)C(NC(=O)CN2C(=O)CC(C(C)C)C2=O)C(C)C)cc1.CCCN.CCCNC(N)=O. The minimum atomic E-state index is -0.959. The average Bonchev–Trinajstić information content (AvgIpc) is 3.34. The van der Waals surface area contributed by atoms with E-state index in [1.54, 1.807) is 38.1 Å². The highest BCUT2D eigenvalue weighted by molar-refractivity contribution is 6.06. The molecular formula is C34H59N7O8. The van der Waals surface area contributed by atoms with Gasteiger partial charge in [0.05, 0.1) is 6.54 Å². The normalized spacial score (nSPS) is 13.8. The summed E-state index contributed by atoms with van der Waals surface area (Å²) in [5, 5.41) is 10.1. The maximum Gasteiger partial charge on any atom is 0.312 e. The highest BCUT2D eigenvalue weighted by Crippen LogP contribution is 2.26. The number of ether oxygens (including phenoxy) is 1. The minimum absolute atomic E-state index is 0.0199. The Bertz CT molecular complexity index is 1190. The Morgan fingerprint density at radius 1 is 0.939 bits per heavy atom. The topological polar surface area (TPSA) is 232 Å². The predicted octanol–water partition coefficient (Wildman–Crippen LogP) is 2.42. The number of hydrogen-bond donors (Lipinski definition) is 6. The second-order valence-electron chi connectivity index (χ2n) is 11.5. The number of nitrogens with two attached hydrogens (primary N) is 2. The molecular weight excluding hydrogens is 634 g/mol. The highest BCUT2D eigenvalue weighted by atomic mass is 16.5. The predicted molar refractivity (Wildman–Crippen MR) is 189 cm³/mol. The van der Waals surface area contributed by atoms with Crippen molar-refractivity contribution in [3.8, 4) is 0 Å². The first-order chi connectivity index (χ1) is 23.1. The summed E-state index contributed by atoms with van der Waals surface area (Å²) in [5.41, 5.74) is 11.0. The van der Waals surface area contributed by atoms with E-state index in [4.69, 9.17) is 16.2 Å². The molecule has 0 spiro atoms. The molecule has 0 aliphatic carbocycles. The van der Waals surface area contributed by atoms with E-state index in [-0.39, 0.29) is 37.3 Å². The Labute approximate surface area is 291 Å².